The fraction of sp³-hybridized carbons (Fsp3) is 0.857. The molecule has 3 nitrogen and oxygen atoms in total. The highest BCUT2D eigenvalue weighted by molar-refractivity contribution is 5.85. The molecule has 1 fully saturated rings. The minimum absolute atomic E-state index is 0. The van der Waals surface area contributed by atoms with E-state index in [1.165, 1.54) is 6.42 Å². The summed E-state index contributed by atoms with van der Waals surface area (Å²) in [7, 11) is 0. The monoisotopic (exact) mass is 178 g/mol. The van der Waals surface area contributed by atoms with Crippen LogP contribution in [-0.4, -0.2) is 25.0 Å². The number of piperidine rings is 1. The molecule has 0 aromatic rings. The molecule has 0 spiro atoms. The summed E-state index contributed by atoms with van der Waals surface area (Å²) in [5, 5.41) is 6.11. The van der Waals surface area contributed by atoms with Crippen LogP contribution >= 0.6 is 12.4 Å². The van der Waals surface area contributed by atoms with Gasteiger partial charge >= 0.3 is 0 Å². The van der Waals surface area contributed by atoms with Crippen molar-refractivity contribution in [1.82, 2.24) is 10.6 Å². The molecular formula is C7H15ClN2O. The maximum absolute atomic E-state index is 10.6. The van der Waals surface area contributed by atoms with Crippen LogP contribution in [0.5, 0.6) is 0 Å². The van der Waals surface area contributed by atoms with E-state index in [0.29, 0.717) is 6.04 Å². The van der Waals surface area contributed by atoms with Gasteiger partial charge in [-0.25, -0.2) is 0 Å². The van der Waals surface area contributed by atoms with E-state index in [9.17, 15) is 4.79 Å². The summed E-state index contributed by atoms with van der Waals surface area (Å²) in [6, 6.07) is 0.367. The van der Waals surface area contributed by atoms with Gasteiger partial charge in [0, 0.05) is 19.5 Å². The van der Waals surface area contributed by atoms with Crippen LogP contribution < -0.4 is 10.6 Å². The number of rotatable bonds is 1. The molecule has 0 bridgehead atoms. The second kappa shape index (κ2) is 5.38. The van der Waals surface area contributed by atoms with E-state index in [4.69, 9.17) is 0 Å². The Labute approximate surface area is 73.3 Å². The van der Waals surface area contributed by atoms with Crippen LogP contribution in [0.3, 0.4) is 0 Å². The first-order valence-electron chi connectivity index (χ1n) is 3.77. The highest BCUT2D eigenvalue weighted by Crippen LogP contribution is 2.00. The van der Waals surface area contributed by atoms with Crippen molar-refractivity contribution in [2.75, 3.05) is 13.1 Å². The molecule has 11 heavy (non-hydrogen) atoms. The quantitative estimate of drug-likeness (QED) is 0.607. The van der Waals surface area contributed by atoms with Crippen LogP contribution in [0.1, 0.15) is 19.8 Å². The van der Waals surface area contributed by atoms with E-state index in [0.717, 1.165) is 19.5 Å². The number of nitrogens with one attached hydrogen (secondary N) is 2. The van der Waals surface area contributed by atoms with E-state index >= 15 is 0 Å². The normalized spacial score (nSPS) is 23.5. The SMILES string of the molecule is CC(=O)NC1CCCNC1.Cl. The molecule has 1 aliphatic heterocycles. The van der Waals surface area contributed by atoms with Gasteiger partial charge < -0.3 is 10.6 Å². The first-order chi connectivity index (χ1) is 4.79. The van der Waals surface area contributed by atoms with Crippen molar-refractivity contribution in [1.29, 1.82) is 0 Å². The highest BCUT2D eigenvalue weighted by Gasteiger charge is 2.12. The molecule has 0 saturated carbocycles. The standard InChI is InChI=1S/C7H14N2O.ClH/c1-6(10)9-7-3-2-4-8-5-7;/h7-8H,2-5H2,1H3,(H,9,10);1H. The van der Waals surface area contributed by atoms with Gasteiger partial charge in [-0.05, 0) is 19.4 Å². The van der Waals surface area contributed by atoms with Crippen molar-refractivity contribution >= 4 is 18.3 Å². The lowest BCUT2D eigenvalue weighted by atomic mass is 10.1. The largest absolute Gasteiger partial charge is 0.352 e. The molecule has 2 N–H and O–H groups in total. The van der Waals surface area contributed by atoms with Crippen LogP contribution in [0, 0.1) is 0 Å². The lowest BCUT2D eigenvalue weighted by Gasteiger charge is -2.22. The second-order valence-corrected chi connectivity index (χ2v) is 2.74. The van der Waals surface area contributed by atoms with Crippen molar-refractivity contribution in [2.45, 2.75) is 25.8 Å². The highest BCUT2D eigenvalue weighted by atomic mass is 35.5. The average Bonchev–Trinajstić information content (AvgIpc) is 1.88. The van der Waals surface area contributed by atoms with Crippen LogP contribution in [0.15, 0.2) is 0 Å². The number of hydrogen-bond acceptors (Lipinski definition) is 2. The predicted octanol–water partition coefficient (Wildman–Crippen LogP) is 0.296. The smallest absolute Gasteiger partial charge is 0.217 e. The Bertz CT molecular complexity index is 124. The van der Waals surface area contributed by atoms with Crippen LogP contribution in [0.25, 0.3) is 0 Å². The zero-order chi connectivity index (χ0) is 7.40. The van der Waals surface area contributed by atoms with Crippen molar-refractivity contribution in [2.24, 2.45) is 0 Å². The van der Waals surface area contributed by atoms with Gasteiger partial charge in [0.25, 0.3) is 0 Å². The van der Waals surface area contributed by atoms with Gasteiger partial charge in [-0.3, -0.25) is 4.79 Å². The first-order valence-corrected chi connectivity index (χ1v) is 3.77. The molecule has 0 radical (unpaired) electrons. The fourth-order valence-electron chi connectivity index (χ4n) is 1.26. The molecule has 4 heteroatoms. The Morgan fingerprint density at radius 3 is 2.82 bits per heavy atom. The van der Waals surface area contributed by atoms with Crippen molar-refractivity contribution in [3.8, 4) is 0 Å². The van der Waals surface area contributed by atoms with Gasteiger partial charge in [0.15, 0.2) is 0 Å². The molecule has 0 aliphatic carbocycles. The maximum Gasteiger partial charge on any atom is 0.217 e. The average molecular weight is 179 g/mol. The number of hydrogen-bond donors (Lipinski definition) is 2. The van der Waals surface area contributed by atoms with Crippen LogP contribution in [0.4, 0.5) is 0 Å². The number of carbonyl (C=O) groups is 1. The fourth-order valence-corrected chi connectivity index (χ4v) is 1.26. The molecule has 1 saturated heterocycles. The molecule has 1 amide bonds. The summed E-state index contributed by atoms with van der Waals surface area (Å²) in [5.41, 5.74) is 0. The van der Waals surface area contributed by atoms with Crippen LogP contribution in [0.2, 0.25) is 0 Å². The van der Waals surface area contributed by atoms with Gasteiger partial charge in [-0.15, -0.1) is 12.4 Å². The minimum atomic E-state index is 0. The molecule has 1 rings (SSSR count). The zero-order valence-corrected chi connectivity index (χ0v) is 7.54. The minimum Gasteiger partial charge on any atom is -0.352 e. The van der Waals surface area contributed by atoms with Gasteiger partial charge in [-0.2, -0.15) is 0 Å². The first kappa shape index (κ1) is 10.7. The molecule has 0 aromatic carbocycles. The molecule has 1 atom stereocenters. The van der Waals surface area contributed by atoms with Crippen molar-refractivity contribution < 1.29 is 4.79 Å². The molecule has 0 aromatic heterocycles. The molecular weight excluding hydrogens is 164 g/mol. The van der Waals surface area contributed by atoms with E-state index in [-0.39, 0.29) is 18.3 Å². The second-order valence-electron chi connectivity index (χ2n) is 2.74. The lowest BCUT2D eigenvalue weighted by Crippen LogP contribution is -2.44. The molecule has 1 heterocycles. The maximum atomic E-state index is 10.6. The van der Waals surface area contributed by atoms with E-state index in [1.807, 2.05) is 0 Å². The summed E-state index contributed by atoms with van der Waals surface area (Å²) in [5.74, 6) is 0.0775. The van der Waals surface area contributed by atoms with E-state index in [1.54, 1.807) is 6.92 Å². The summed E-state index contributed by atoms with van der Waals surface area (Å²) < 4.78 is 0. The molecule has 1 aliphatic rings. The van der Waals surface area contributed by atoms with Crippen LogP contribution in [-0.2, 0) is 4.79 Å². The molecule has 66 valence electrons. The number of halogens is 1. The van der Waals surface area contributed by atoms with Crippen molar-refractivity contribution in [3.63, 3.8) is 0 Å². The predicted molar refractivity (Wildman–Crippen MR) is 47.0 cm³/mol. The zero-order valence-electron chi connectivity index (χ0n) is 6.72. The van der Waals surface area contributed by atoms with Gasteiger partial charge in [-0.1, -0.05) is 0 Å². The third-order valence-corrected chi connectivity index (χ3v) is 1.70. The third-order valence-electron chi connectivity index (χ3n) is 1.70. The number of amides is 1. The van der Waals surface area contributed by atoms with Gasteiger partial charge in [0.05, 0.1) is 0 Å². The number of carbonyl (C=O) groups excluding carboxylic acids is 1. The lowest BCUT2D eigenvalue weighted by molar-refractivity contribution is -0.119. The molecule has 1 unspecified atom stereocenters. The van der Waals surface area contributed by atoms with Gasteiger partial charge in [0.1, 0.15) is 0 Å². The summed E-state index contributed by atoms with van der Waals surface area (Å²) in [4.78, 5) is 10.6. The third kappa shape index (κ3) is 4.22. The Morgan fingerprint density at radius 2 is 2.36 bits per heavy atom. The van der Waals surface area contributed by atoms with E-state index in [2.05, 4.69) is 10.6 Å². The Kier molecular flexibility index (Phi) is 5.24. The van der Waals surface area contributed by atoms with Crippen molar-refractivity contribution in [3.05, 3.63) is 0 Å². The van der Waals surface area contributed by atoms with E-state index < -0.39 is 0 Å². The summed E-state index contributed by atoms with van der Waals surface area (Å²) in [6.07, 6.45) is 2.29. The summed E-state index contributed by atoms with van der Waals surface area (Å²) >= 11 is 0. The topological polar surface area (TPSA) is 41.1 Å². The Hall–Kier alpha value is -0.280. The Balaban J connectivity index is 0.000001000. The summed E-state index contributed by atoms with van der Waals surface area (Å²) in [6.45, 7) is 3.59. The van der Waals surface area contributed by atoms with Gasteiger partial charge in [0.2, 0.25) is 5.91 Å². The Morgan fingerprint density at radius 1 is 1.64 bits per heavy atom.